The molecule has 0 aromatic heterocycles. The third-order valence-electron chi connectivity index (χ3n) is 3.87. The highest BCUT2D eigenvalue weighted by atomic mass is 16.6. The first kappa shape index (κ1) is 15.9. The van der Waals surface area contributed by atoms with Crippen molar-refractivity contribution in [1.29, 1.82) is 0 Å². The molecule has 2 N–H and O–H groups in total. The van der Waals surface area contributed by atoms with Crippen LogP contribution in [-0.4, -0.2) is 41.1 Å². The number of hydrogen-bond acceptors (Lipinski definition) is 5. The zero-order valence-electron chi connectivity index (χ0n) is 12.4. The molecule has 1 aromatic rings. The smallest absolute Gasteiger partial charge is 0.314 e. The maximum atomic E-state index is 11.6. The molecular weight excluding hydrogens is 272 g/mol. The van der Waals surface area contributed by atoms with E-state index in [9.17, 15) is 15.0 Å². The summed E-state index contributed by atoms with van der Waals surface area (Å²) in [5, 5.41) is 20.1. The van der Waals surface area contributed by atoms with Crippen molar-refractivity contribution in [1.82, 2.24) is 0 Å². The molecule has 1 aromatic carbocycles. The number of hydrogen-bond donors (Lipinski definition) is 2. The van der Waals surface area contributed by atoms with Crippen LogP contribution in [0.1, 0.15) is 25.8 Å². The Morgan fingerprint density at radius 2 is 2.00 bits per heavy atom. The fraction of sp³-hybridized carbons (Fsp3) is 0.562. The summed E-state index contributed by atoms with van der Waals surface area (Å²) >= 11 is 0. The molecule has 21 heavy (non-hydrogen) atoms. The first-order chi connectivity index (χ1) is 9.93. The number of aliphatic hydroxyl groups excluding tert-OH is 2. The molecule has 0 spiro atoms. The topological polar surface area (TPSA) is 76.0 Å². The van der Waals surface area contributed by atoms with Crippen molar-refractivity contribution >= 4 is 5.97 Å². The molecule has 5 heteroatoms. The summed E-state index contributed by atoms with van der Waals surface area (Å²) in [4.78, 5) is 11.6. The second-order valence-electron chi connectivity index (χ2n) is 5.93. The number of carbonyl (C=O) groups excluding carboxylic acids is 1. The second-order valence-corrected chi connectivity index (χ2v) is 5.93. The number of cyclic esters (lactones) is 1. The molecule has 0 aliphatic carbocycles. The van der Waals surface area contributed by atoms with Gasteiger partial charge in [0.25, 0.3) is 0 Å². The summed E-state index contributed by atoms with van der Waals surface area (Å²) < 4.78 is 10.6. The summed E-state index contributed by atoms with van der Waals surface area (Å²) in [6.45, 7) is 4.01. The molecule has 0 bridgehead atoms. The lowest BCUT2D eigenvalue weighted by molar-refractivity contribution is -0.151. The van der Waals surface area contributed by atoms with Gasteiger partial charge in [0.15, 0.2) is 6.10 Å². The van der Waals surface area contributed by atoms with Crippen molar-refractivity contribution in [3.63, 3.8) is 0 Å². The van der Waals surface area contributed by atoms with Gasteiger partial charge in [-0.05, 0) is 19.4 Å². The van der Waals surface area contributed by atoms with Crippen molar-refractivity contribution in [3.8, 4) is 0 Å². The standard InChI is InChI=1S/C16H22O5/c1-16(2)14(18)13(21-15(16)19)12(17)8-9-20-10-11-6-4-3-5-7-11/h3-7,12-14,17-18H,8-10H2,1-2H3/t12-,13+,14+/m0/s1. The molecule has 0 saturated carbocycles. The summed E-state index contributed by atoms with van der Waals surface area (Å²) in [7, 11) is 0. The number of rotatable bonds is 6. The van der Waals surface area contributed by atoms with E-state index in [1.54, 1.807) is 13.8 Å². The summed E-state index contributed by atoms with van der Waals surface area (Å²) in [5.41, 5.74) is 0.0803. The number of aliphatic hydroxyl groups is 2. The molecule has 1 saturated heterocycles. The van der Waals surface area contributed by atoms with Gasteiger partial charge in [-0.2, -0.15) is 0 Å². The molecular formula is C16H22O5. The number of ether oxygens (including phenoxy) is 2. The number of esters is 1. The number of benzene rings is 1. The van der Waals surface area contributed by atoms with E-state index in [0.717, 1.165) is 5.56 Å². The molecule has 1 aliphatic heterocycles. The summed E-state index contributed by atoms with van der Waals surface area (Å²) in [6, 6.07) is 9.72. The predicted molar refractivity (Wildman–Crippen MR) is 76.4 cm³/mol. The Bertz CT molecular complexity index is 471. The van der Waals surface area contributed by atoms with E-state index in [1.807, 2.05) is 30.3 Å². The molecule has 3 atom stereocenters. The van der Waals surface area contributed by atoms with Crippen LogP contribution < -0.4 is 0 Å². The van der Waals surface area contributed by atoms with E-state index in [2.05, 4.69) is 0 Å². The van der Waals surface area contributed by atoms with Crippen LogP contribution >= 0.6 is 0 Å². The fourth-order valence-electron chi connectivity index (χ4n) is 2.29. The van der Waals surface area contributed by atoms with Gasteiger partial charge in [0.1, 0.15) is 6.10 Å². The Morgan fingerprint density at radius 1 is 1.33 bits per heavy atom. The van der Waals surface area contributed by atoms with Gasteiger partial charge in [0.2, 0.25) is 0 Å². The van der Waals surface area contributed by atoms with E-state index in [1.165, 1.54) is 0 Å². The minimum atomic E-state index is -1.01. The van der Waals surface area contributed by atoms with Crippen molar-refractivity contribution in [3.05, 3.63) is 35.9 Å². The first-order valence-electron chi connectivity index (χ1n) is 7.12. The van der Waals surface area contributed by atoms with Gasteiger partial charge in [0.05, 0.1) is 18.1 Å². The third kappa shape index (κ3) is 3.61. The monoisotopic (exact) mass is 294 g/mol. The highest BCUT2D eigenvalue weighted by Crippen LogP contribution is 2.35. The molecule has 5 nitrogen and oxygen atoms in total. The van der Waals surface area contributed by atoms with Crippen molar-refractivity contribution in [2.45, 2.75) is 45.2 Å². The van der Waals surface area contributed by atoms with Crippen LogP contribution in [0, 0.1) is 5.41 Å². The first-order valence-corrected chi connectivity index (χ1v) is 7.12. The fourth-order valence-corrected chi connectivity index (χ4v) is 2.29. The highest BCUT2D eigenvalue weighted by molar-refractivity contribution is 5.79. The Hall–Kier alpha value is -1.43. The van der Waals surface area contributed by atoms with E-state index in [4.69, 9.17) is 9.47 Å². The maximum Gasteiger partial charge on any atom is 0.314 e. The van der Waals surface area contributed by atoms with Crippen LogP contribution in [0.25, 0.3) is 0 Å². The molecule has 116 valence electrons. The van der Waals surface area contributed by atoms with Crippen molar-refractivity contribution in [2.24, 2.45) is 5.41 Å². The minimum Gasteiger partial charge on any atom is -0.456 e. The van der Waals surface area contributed by atoms with Crippen LogP contribution in [0.15, 0.2) is 30.3 Å². The zero-order valence-corrected chi connectivity index (χ0v) is 12.4. The lowest BCUT2D eigenvalue weighted by atomic mass is 9.85. The van der Waals surface area contributed by atoms with Gasteiger partial charge < -0.3 is 19.7 Å². The van der Waals surface area contributed by atoms with Gasteiger partial charge in [0, 0.05) is 13.0 Å². The van der Waals surface area contributed by atoms with Crippen molar-refractivity contribution in [2.75, 3.05) is 6.61 Å². The van der Waals surface area contributed by atoms with E-state index in [-0.39, 0.29) is 0 Å². The lowest BCUT2D eigenvalue weighted by Crippen LogP contribution is -2.40. The maximum absolute atomic E-state index is 11.6. The van der Waals surface area contributed by atoms with Gasteiger partial charge >= 0.3 is 5.97 Å². The Balaban J connectivity index is 1.75. The molecule has 2 rings (SSSR count). The van der Waals surface area contributed by atoms with Crippen LogP contribution in [0.5, 0.6) is 0 Å². The van der Waals surface area contributed by atoms with Gasteiger partial charge in [-0.25, -0.2) is 0 Å². The zero-order chi connectivity index (χ0) is 15.5. The van der Waals surface area contributed by atoms with E-state index >= 15 is 0 Å². The van der Waals surface area contributed by atoms with Crippen LogP contribution in [-0.2, 0) is 20.9 Å². The van der Waals surface area contributed by atoms with Gasteiger partial charge in [-0.1, -0.05) is 30.3 Å². The molecule has 1 heterocycles. The summed E-state index contributed by atoms with van der Waals surface area (Å²) in [5.74, 6) is -0.482. The van der Waals surface area contributed by atoms with E-state index in [0.29, 0.717) is 19.6 Å². The quantitative estimate of drug-likeness (QED) is 0.610. The Kier molecular flexibility index (Phi) is 4.98. The normalized spacial score (nSPS) is 25.6. The Morgan fingerprint density at radius 3 is 2.57 bits per heavy atom. The van der Waals surface area contributed by atoms with Crippen LogP contribution in [0.4, 0.5) is 0 Å². The summed E-state index contributed by atoms with van der Waals surface area (Å²) in [6.07, 6.45) is -2.51. The van der Waals surface area contributed by atoms with Crippen molar-refractivity contribution < 1.29 is 24.5 Å². The van der Waals surface area contributed by atoms with Crippen LogP contribution in [0.3, 0.4) is 0 Å². The Labute approximate surface area is 124 Å². The van der Waals surface area contributed by atoms with E-state index < -0.39 is 29.7 Å². The molecule has 0 unspecified atom stereocenters. The number of carbonyl (C=O) groups is 1. The highest BCUT2D eigenvalue weighted by Gasteiger charge is 2.52. The minimum absolute atomic E-state index is 0.303. The predicted octanol–water partition coefficient (Wildman–Crippen LogP) is 1.27. The van der Waals surface area contributed by atoms with Gasteiger partial charge in [-0.15, -0.1) is 0 Å². The molecule has 0 amide bonds. The second kappa shape index (κ2) is 6.56. The largest absolute Gasteiger partial charge is 0.456 e. The average Bonchev–Trinajstić information content (AvgIpc) is 2.68. The molecule has 1 fully saturated rings. The molecule has 0 radical (unpaired) electrons. The average molecular weight is 294 g/mol. The van der Waals surface area contributed by atoms with Gasteiger partial charge in [-0.3, -0.25) is 4.79 Å². The van der Waals surface area contributed by atoms with Crippen LogP contribution in [0.2, 0.25) is 0 Å². The SMILES string of the molecule is CC1(C)C(=O)O[C@H]([C@@H](O)CCOCc2ccccc2)[C@H]1O. The third-order valence-corrected chi connectivity index (χ3v) is 3.87. The lowest BCUT2D eigenvalue weighted by Gasteiger charge is -2.23. The molecule has 1 aliphatic rings.